The Labute approximate surface area is 86.5 Å². The smallest absolute Gasteiger partial charge is 0.283 e. The van der Waals surface area contributed by atoms with Gasteiger partial charge in [0.25, 0.3) is 6.43 Å². The molecule has 1 aromatic rings. The molecule has 72 valence electrons. The molecule has 0 fully saturated rings. The lowest BCUT2D eigenvalue weighted by atomic mass is 10.3. The summed E-state index contributed by atoms with van der Waals surface area (Å²) in [6, 6.07) is 1.35. The van der Waals surface area contributed by atoms with E-state index in [0.29, 0.717) is 0 Å². The molecule has 0 aliphatic carbocycles. The number of hydrogen-bond donors (Lipinski definition) is 1. The van der Waals surface area contributed by atoms with Gasteiger partial charge < -0.3 is 5.73 Å². The Morgan fingerprint density at radius 1 is 1.54 bits per heavy atom. The van der Waals surface area contributed by atoms with Crippen molar-refractivity contribution in [3.05, 3.63) is 26.8 Å². The molecule has 0 unspecified atom stereocenters. The maximum atomic E-state index is 13.0. The first-order valence-electron chi connectivity index (χ1n) is 3.39. The van der Waals surface area contributed by atoms with Crippen molar-refractivity contribution in [3.63, 3.8) is 0 Å². The van der Waals surface area contributed by atoms with Gasteiger partial charge in [0.2, 0.25) is 0 Å². The van der Waals surface area contributed by atoms with Crippen molar-refractivity contribution < 1.29 is 13.2 Å². The highest BCUT2D eigenvalue weighted by atomic mass is 127. The van der Waals surface area contributed by atoms with E-state index >= 15 is 0 Å². The number of pyridine rings is 1. The maximum absolute atomic E-state index is 13.0. The molecule has 2 N–H and O–H groups in total. The van der Waals surface area contributed by atoms with Crippen molar-refractivity contribution in [2.45, 2.75) is 13.0 Å². The van der Waals surface area contributed by atoms with Gasteiger partial charge in [0, 0.05) is 6.54 Å². The molecule has 0 saturated heterocycles. The second-order valence-electron chi connectivity index (χ2n) is 2.30. The fourth-order valence-electron chi connectivity index (χ4n) is 0.817. The fourth-order valence-corrected chi connectivity index (χ4v) is 1.45. The van der Waals surface area contributed by atoms with Crippen molar-refractivity contribution in [1.82, 2.24) is 4.98 Å². The zero-order valence-corrected chi connectivity index (χ0v) is 8.56. The summed E-state index contributed by atoms with van der Waals surface area (Å²) in [5, 5.41) is 0. The van der Waals surface area contributed by atoms with Gasteiger partial charge in [0.05, 0.1) is 9.26 Å². The zero-order valence-electron chi connectivity index (χ0n) is 6.40. The third-order valence-electron chi connectivity index (χ3n) is 1.41. The first-order chi connectivity index (χ1) is 6.06. The molecule has 13 heavy (non-hydrogen) atoms. The Balaban J connectivity index is 3.25. The summed E-state index contributed by atoms with van der Waals surface area (Å²) in [4.78, 5) is 3.40. The Morgan fingerprint density at radius 2 is 2.15 bits per heavy atom. The Bertz CT molecular complexity index is 317. The predicted molar refractivity (Wildman–Crippen MR) is 49.8 cm³/mol. The summed E-state index contributed by atoms with van der Waals surface area (Å²) >= 11 is 1.63. The number of nitrogens with two attached hydrogens (primary N) is 1. The molecule has 0 aromatic carbocycles. The minimum atomic E-state index is -2.90. The fraction of sp³-hybridized carbons (Fsp3) is 0.286. The van der Waals surface area contributed by atoms with Crippen LogP contribution in [0, 0.1) is 9.39 Å². The van der Waals surface area contributed by atoms with Gasteiger partial charge in [-0.05, 0) is 28.7 Å². The van der Waals surface area contributed by atoms with Gasteiger partial charge in [-0.2, -0.15) is 0 Å². The summed E-state index contributed by atoms with van der Waals surface area (Å²) < 4.78 is 37.4. The average Bonchev–Trinajstić information content (AvgIpc) is 2.09. The zero-order chi connectivity index (χ0) is 10.0. The highest BCUT2D eigenvalue weighted by Gasteiger charge is 2.18. The quantitative estimate of drug-likeness (QED) is 0.851. The van der Waals surface area contributed by atoms with Gasteiger partial charge in [-0.15, -0.1) is 0 Å². The summed E-state index contributed by atoms with van der Waals surface area (Å²) in [5.74, 6) is -0.965. The molecule has 0 bridgehead atoms. The largest absolute Gasteiger partial charge is 0.325 e. The molecular weight excluding hydrogens is 296 g/mol. The second-order valence-corrected chi connectivity index (χ2v) is 3.46. The molecule has 2 nitrogen and oxygen atoms in total. The van der Waals surface area contributed by atoms with E-state index in [0.717, 1.165) is 0 Å². The van der Waals surface area contributed by atoms with Crippen molar-refractivity contribution in [1.29, 1.82) is 0 Å². The number of nitrogens with zero attached hydrogens (tertiary/aromatic N) is 1. The van der Waals surface area contributed by atoms with Crippen LogP contribution >= 0.6 is 22.6 Å². The topological polar surface area (TPSA) is 38.9 Å². The molecule has 1 aromatic heterocycles. The molecule has 1 rings (SSSR count). The van der Waals surface area contributed by atoms with Crippen LogP contribution in [-0.4, -0.2) is 4.98 Å². The third kappa shape index (κ3) is 2.31. The minimum Gasteiger partial charge on any atom is -0.325 e. The van der Waals surface area contributed by atoms with Crippen LogP contribution in [0.3, 0.4) is 0 Å². The van der Waals surface area contributed by atoms with E-state index in [1.165, 1.54) is 6.07 Å². The Hall–Kier alpha value is -0.370. The lowest BCUT2D eigenvalue weighted by molar-refractivity contribution is 0.140. The minimum absolute atomic E-state index is 0.0238. The van der Waals surface area contributed by atoms with Gasteiger partial charge in [0.15, 0.2) is 5.82 Å². The number of halogens is 4. The summed E-state index contributed by atoms with van der Waals surface area (Å²) in [6.45, 7) is 0.0238. The summed E-state index contributed by atoms with van der Waals surface area (Å²) in [7, 11) is 0. The number of hydrogen-bond acceptors (Lipinski definition) is 2. The predicted octanol–water partition coefficient (Wildman–Crippen LogP) is 2.22. The number of alkyl halides is 2. The van der Waals surface area contributed by atoms with E-state index in [-0.39, 0.29) is 15.8 Å². The number of rotatable bonds is 2. The van der Waals surface area contributed by atoms with Crippen molar-refractivity contribution >= 4 is 22.6 Å². The van der Waals surface area contributed by atoms with Gasteiger partial charge in [-0.25, -0.2) is 18.2 Å². The van der Waals surface area contributed by atoms with E-state index < -0.39 is 17.9 Å². The molecule has 0 aliphatic rings. The van der Waals surface area contributed by atoms with Crippen LogP contribution in [0.15, 0.2) is 6.07 Å². The van der Waals surface area contributed by atoms with Crippen molar-refractivity contribution in [2.75, 3.05) is 0 Å². The highest BCUT2D eigenvalue weighted by molar-refractivity contribution is 14.1. The van der Waals surface area contributed by atoms with E-state index in [4.69, 9.17) is 5.73 Å². The molecular formula is C7H6F3IN2. The van der Waals surface area contributed by atoms with Crippen molar-refractivity contribution in [2.24, 2.45) is 5.73 Å². The average molecular weight is 302 g/mol. The first-order valence-corrected chi connectivity index (χ1v) is 4.47. The van der Waals surface area contributed by atoms with E-state index in [1.807, 2.05) is 0 Å². The summed E-state index contributed by atoms with van der Waals surface area (Å²) in [6.07, 6.45) is -2.90. The van der Waals surface area contributed by atoms with Crippen LogP contribution in [0.4, 0.5) is 13.2 Å². The van der Waals surface area contributed by atoms with Crippen molar-refractivity contribution in [3.8, 4) is 0 Å². The monoisotopic (exact) mass is 302 g/mol. The molecule has 0 radical (unpaired) electrons. The van der Waals surface area contributed by atoms with Crippen LogP contribution in [0.1, 0.15) is 17.8 Å². The molecule has 6 heteroatoms. The van der Waals surface area contributed by atoms with Crippen LogP contribution in [0.2, 0.25) is 0 Å². The lowest BCUT2D eigenvalue weighted by Crippen LogP contribution is -2.06. The number of aromatic nitrogens is 1. The molecule has 0 saturated carbocycles. The molecule has 0 amide bonds. The van der Waals surface area contributed by atoms with Gasteiger partial charge >= 0.3 is 0 Å². The second kappa shape index (κ2) is 4.23. The van der Waals surface area contributed by atoms with Crippen LogP contribution in [0.5, 0.6) is 0 Å². The lowest BCUT2D eigenvalue weighted by Gasteiger charge is -2.05. The Morgan fingerprint density at radius 3 is 2.62 bits per heavy atom. The van der Waals surface area contributed by atoms with Crippen LogP contribution in [0.25, 0.3) is 0 Å². The van der Waals surface area contributed by atoms with Gasteiger partial charge in [-0.3, -0.25) is 0 Å². The van der Waals surface area contributed by atoms with E-state index in [2.05, 4.69) is 4.98 Å². The normalized spacial score (nSPS) is 10.9. The third-order valence-corrected chi connectivity index (χ3v) is 2.19. The molecule has 0 atom stereocenters. The Kier molecular flexibility index (Phi) is 3.48. The first kappa shape index (κ1) is 10.7. The van der Waals surface area contributed by atoms with Crippen LogP contribution in [-0.2, 0) is 6.54 Å². The van der Waals surface area contributed by atoms with Gasteiger partial charge in [-0.1, -0.05) is 0 Å². The highest BCUT2D eigenvalue weighted by Crippen LogP contribution is 2.23. The van der Waals surface area contributed by atoms with E-state index in [1.54, 1.807) is 22.6 Å². The van der Waals surface area contributed by atoms with E-state index in [9.17, 15) is 13.2 Å². The molecule has 0 spiro atoms. The summed E-state index contributed by atoms with van der Waals surface area (Å²) in [5.41, 5.74) is 4.64. The molecule has 1 heterocycles. The molecule has 0 aliphatic heterocycles. The van der Waals surface area contributed by atoms with Gasteiger partial charge in [0.1, 0.15) is 5.69 Å². The standard InChI is InChI=1S/C7H6F3IN2/c8-5-4(11)1-3(2-12)13-6(5)7(9)10/h1,7H,2,12H2. The SMILES string of the molecule is NCc1cc(I)c(F)c(C(F)F)n1. The maximum Gasteiger partial charge on any atom is 0.283 e. The van der Waals surface area contributed by atoms with Crippen LogP contribution < -0.4 is 5.73 Å².